The molecule has 4 aromatic rings. The van der Waals surface area contributed by atoms with Gasteiger partial charge >= 0.3 is 5.97 Å². The molecule has 0 unspecified atom stereocenters. The number of carbonyl (C=O) groups excluding carboxylic acids is 1. The number of ether oxygens (including phenoxy) is 3. The number of methoxy groups -OCH3 is 1. The number of hydrogen-bond donors (Lipinski definition) is 0. The molecule has 3 aromatic carbocycles. The molecule has 2 aliphatic carbocycles. The zero-order chi connectivity index (χ0) is 34.2. The van der Waals surface area contributed by atoms with E-state index in [1.165, 1.54) is 23.1 Å². The van der Waals surface area contributed by atoms with Crippen molar-refractivity contribution in [3.63, 3.8) is 0 Å². The number of rotatable bonds is 11. The van der Waals surface area contributed by atoms with E-state index in [2.05, 4.69) is 66.4 Å². The second-order valence-electron chi connectivity index (χ2n) is 14.5. The molecule has 8 heteroatoms. The minimum absolute atomic E-state index is 0.0391. The number of hydrogen-bond acceptors (Lipinski definition) is 5. The van der Waals surface area contributed by atoms with Crippen molar-refractivity contribution in [2.75, 3.05) is 20.3 Å². The molecule has 0 saturated heterocycles. The van der Waals surface area contributed by atoms with E-state index in [9.17, 15) is 4.79 Å². The number of nitrogens with zero attached hydrogens (tertiary/aromatic N) is 2. The van der Waals surface area contributed by atoms with Gasteiger partial charge in [-0.3, -0.25) is 4.79 Å². The van der Waals surface area contributed by atoms with Gasteiger partial charge in [0.15, 0.2) is 0 Å². The van der Waals surface area contributed by atoms with Crippen molar-refractivity contribution >= 4 is 32.9 Å². The van der Waals surface area contributed by atoms with Gasteiger partial charge in [-0.05, 0) is 113 Å². The highest BCUT2D eigenvalue weighted by molar-refractivity contribution is 9.10. The largest absolute Gasteiger partial charge is 0.496 e. The molecule has 0 aliphatic heterocycles. The third-order valence-electron chi connectivity index (χ3n) is 11.0. The van der Waals surface area contributed by atoms with Crippen LogP contribution in [0.1, 0.15) is 95.8 Å². The summed E-state index contributed by atoms with van der Waals surface area (Å²) >= 11 is 3.39. The van der Waals surface area contributed by atoms with Gasteiger partial charge in [-0.1, -0.05) is 52.3 Å². The molecule has 0 spiro atoms. The zero-order valence-corrected chi connectivity index (χ0v) is 30.7. The summed E-state index contributed by atoms with van der Waals surface area (Å²) in [5.74, 6) is 2.47. The minimum Gasteiger partial charge on any atom is -0.496 e. The van der Waals surface area contributed by atoms with Gasteiger partial charge in [0.1, 0.15) is 23.1 Å². The number of benzene rings is 3. The Hall–Kier alpha value is -3.39. The molecule has 0 N–H and O–H groups in total. The van der Waals surface area contributed by atoms with Crippen LogP contribution < -0.4 is 9.47 Å². The van der Waals surface area contributed by atoms with Gasteiger partial charge in [0.25, 0.3) is 0 Å². The zero-order valence-electron chi connectivity index (χ0n) is 29.1. The molecule has 0 bridgehead atoms. The third kappa shape index (κ3) is 6.49. The van der Waals surface area contributed by atoms with Crippen LogP contribution in [0.5, 0.6) is 11.5 Å². The molecule has 2 aliphatic rings. The predicted octanol–water partition coefficient (Wildman–Crippen LogP) is 10.2. The SMILES string of the molecule is CCOC(=O)CCCOc1ccc(-c2nc3cc(Br)c(F)cc3n2C[C@@]2(C)CCC[C@]3(C)c4ccc(C(C)C)cc4CC[C@@H]23)c(OC)c1. The molecular weight excluding hydrogens is 671 g/mol. The number of esters is 1. The van der Waals surface area contributed by atoms with Crippen molar-refractivity contribution in [3.8, 4) is 22.9 Å². The van der Waals surface area contributed by atoms with Gasteiger partial charge in [0.05, 0.1) is 41.4 Å². The average molecular weight is 720 g/mol. The van der Waals surface area contributed by atoms with Gasteiger partial charge < -0.3 is 18.8 Å². The highest BCUT2D eigenvalue weighted by Gasteiger charge is 2.52. The normalized spacial score (nSPS) is 22.0. The molecule has 3 atom stereocenters. The lowest BCUT2D eigenvalue weighted by atomic mass is 9.49. The van der Waals surface area contributed by atoms with Gasteiger partial charge in [-0.15, -0.1) is 0 Å². The fraction of sp³-hybridized carbons (Fsp3) is 0.500. The quantitative estimate of drug-likeness (QED) is 0.114. The van der Waals surface area contributed by atoms with Crippen LogP contribution in [0.25, 0.3) is 22.4 Å². The fourth-order valence-electron chi connectivity index (χ4n) is 8.63. The monoisotopic (exact) mass is 718 g/mol. The first-order valence-electron chi connectivity index (χ1n) is 17.4. The molecule has 6 rings (SSSR count). The molecular formula is C40H48BrFN2O4. The van der Waals surface area contributed by atoms with Gasteiger partial charge in [0, 0.05) is 25.1 Å². The molecule has 0 radical (unpaired) electrons. The van der Waals surface area contributed by atoms with E-state index in [-0.39, 0.29) is 22.6 Å². The Morgan fingerprint density at radius 2 is 1.94 bits per heavy atom. The maximum absolute atomic E-state index is 15.2. The Balaban J connectivity index is 1.36. The number of halogens is 2. The summed E-state index contributed by atoms with van der Waals surface area (Å²) in [7, 11) is 1.64. The molecule has 1 fully saturated rings. The Morgan fingerprint density at radius 1 is 1.12 bits per heavy atom. The highest BCUT2D eigenvalue weighted by Crippen LogP contribution is 2.58. The second-order valence-corrected chi connectivity index (χ2v) is 15.3. The van der Waals surface area contributed by atoms with Crippen LogP contribution in [-0.2, 0) is 27.9 Å². The smallest absolute Gasteiger partial charge is 0.305 e. The van der Waals surface area contributed by atoms with E-state index < -0.39 is 0 Å². The van der Waals surface area contributed by atoms with Crippen molar-refractivity contribution in [2.24, 2.45) is 11.3 Å². The summed E-state index contributed by atoms with van der Waals surface area (Å²) in [6, 6.07) is 16.3. The van der Waals surface area contributed by atoms with Crippen LogP contribution in [0.4, 0.5) is 4.39 Å². The van der Waals surface area contributed by atoms with Crippen molar-refractivity contribution in [1.29, 1.82) is 0 Å². The van der Waals surface area contributed by atoms with Crippen LogP contribution in [-0.4, -0.2) is 35.8 Å². The molecule has 1 saturated carbocycles. The van der Waals surface area contributed by atoms with Crippen molar-refractivity contribution < 1.29 is 23.4 Å². The van der Waals surface area contributed by atoms with Crippen molar-refractivity contribution in [1.82, 2.24) is 9.55 Å². The first-order valence-corrected chi connectivity index (χ1v) is 18.2. The van der Waals surface area contributed by atoms with Gasteiger partial charge in [0.2, 0.25) is 0 Å². The van der Waals surface area contributed by atoms with Crippen LogP contribution in [0.3, 0.4) is 0 Å². The Labute approximate surface area is 292 Å². The first kappa shape index (κ1) is 34.5. The van der Waals surface area contributed by atoms with Gasteiger partial charge in [-0.2, -0.15) is 0 Å². The summed E-state index contributed by atoms with van der Waals surface area (Å²) in [5.41, 5.74) is 6.81. The van der Waals surface area contributed by atoms with Crippen LogP contribution >= 0.6 is 15.9 Å². The Morgan fingerprint density at radius 3 is 2.69 bits per heavy atom. The van der Waals surface area contributed by atoms with Crippen LogP contribution in [0.15, 0.2) is 53.0 Å². The van der Waals surface area contributed by atoms with Crippen molar-refractivity contribution in [2.45, 2.75) is 97.4 Å². The highest BCUT2D eigenvalue weighted by atomic mass is 79.9. The molecule has 0 amide bonds. The standard InChI is InChI=1S/C40H48BrFN2O4/c1-7-47-37(45)10-8-19-48-28-13-14-29(35(21-28)46-6)38-43-33-22-31(41)32(42)23-34(33)44(38)24-39(4)17-9-18-40(5)30-15-11-26(25(2)3)20-27(30)12-16-36(39)40/h11,13-15,20-23,25,36H,7-10,12,16-19,24H2,1-6H3/t36-,39+,40+/m0/s1. The first-order chi connectivity index (χ1) is 23.0. The molecule has 48 heavy (non-hydrogen) atoms. The molecule has 256 valence electrons. The number of imidazole rings is 1. The summed E-state index contributed by atoms with van der Waals surface area (Å²) in [5, 5.41) is 0. The predicted molar refractivity (Wildman–Crippen MR) is 192 cm³/mol. The molecule has 1 heterocycles. The fourth-order valence-corrected chi connectivity index (χ4v) is 8.96. The van der Waals surface area contributed by atoms with E-state index in [1.807, 2.05) is 18.2 Å². The molecule has 6 nitrogen and oxygen atoms in total. The lowest BCUT2D eigenvalue weighted by Gasteiger charge is -2.56. The number of carbonyl (C=O) groups is 1. The Kier molecular flexibility index (Phi) is 9.95. The van der Waals surface area contributed by atoms with E-state index in [4.69, 9.17) is 19.2 Å². The summed E-state index contributed by atoms with van der Waals surface area (Å²) in [6.45, 7) is 12.7. The maximum Gasteiger partial charge on any atom is 0.305 e. The average Bonchev–Trinajstić information content (AvgIpc) is 3.38. The van der Waals surface area contributed by atoms with Crippen LogP contribution in [0, 0.1) is 17.2 Å². The number of fused-ring (bicyclic) bond motifs is 4. The van der Waals surface area contributed by atoms with Gasteiger partial charge in [-0.25, -0.2) is 9.37 Å². The Bertz CT molecular complexity index is 1820. The third-order valence-corrected chi connectivity index (χ3v) is 11.6. The number of aryl methyl sites for hydroxylation is 1. The number of aromatic nitrogens is 2. The lowest BCUT2D eigenvalue weighted by molar-refractivity contribution is -0.143. The minimum atomic E-state index is -0.306. The summed E-state index contributed by atoms with van der Waals surface area (Å²) in [6.07, 6.45) is 6.50. The maximum atomic E-state index is 15.2. The molecule has 1 aromatic heterocycles. The lowest BCUT2D eigenvalue weighted by Crippen LogP contribution is -2.50. The van der Waals surface area contributed by atoms with Crippen molar-refractivity contribution in [3.05, 3.63) is 75.5 Å². The van der Waals surface area contributed by atoms with Crippen LogP contribution in [0.2, 0.25) is 0 Å². The van der Waals surface area contributed by atoms with E-state index in [0.717, 1.165) is 54.6 Å². The van der Waals surface area contributed by atoms with E-state index >= 15 is 4.39 Å². The van der Waals surface area contributed by atoms with E-state index in [1.54, 1.807) is 26.2 Å². The summed E-state index contributed by atoms with van der Waals surface area (Å²) < 4.78 is 34.7. The second kappa shape index (κ2) is 13.9. The summed E-state index contributed by atoms with van der Waals surface area (Å²) in [4.78, 5) is 16.8. The van der Waals surface area contributed by atoms with E-state index in [0.29, 0.717) is 53.9 Å². The topological polar surface area (TPSA) is 62.6 Å².